The highest BCUT2D eigenvalue weighted by molar-refractivity contribution is 6.42. The lowest BCUT2D eigenvalue weighted by Crippen LogP contribution is -2.52. The number of amides is 1. The minimum atomic E-state index is -1.26. The van der Waals surface area contributed by atoms with Gasteiger partial charge in [-0.3, -0.25) is 4.79 Å². The van der Waals surface area contributed by atoms with Gasteiger partial charge in [-0.05, 0) is 17.7 Å². The third-order valence-electron chi connectivity index (χ3n) is 3.37. The molecule has 21 heavy (non-hydrogen) atoms. The molecule has 0 unspecified atom stereocenters. The van der Waals surface area contributed by atoms with E-state index in [9.17, 15) is 9.90 Å². The van der Waals surface area contributed by atoms with Gasteiger partial charge in [0.1, 0.15) is 11.7 Å². The molecule has 1 aliphatic heterocycles. The summed E-state index contributed by atoms with van der Waals surface area (Å²) in [5.74, 6) is -0.208. The Kier molecular flexibility index (Phi) is 5.46. The molecular weight excluding hydrogens is 315 g/mol. The number of carbonyl (C=O) groups is 1. The number of hydrogen-bond acceptors (Lipinski definition) is 4. The molecule has 0 aliphatic carbocycles. The summed E-state index contributed by atoms with van der Waals surface area (Å²) in [5.41, 5.74) is -0.541. The van der Waals surface area contributed by atoms with Crippen molar-refractivity contribution in [3.8, 4) is 0 Å². The molecule has 0 bridgehead atoms. The zero-order valence-electron chi connectivity index (χ0n) is 11.7. The van der Waals surface area contributed by atoms with Crippen LogP contribution < -0.4 is 10.6 Å². The summed E-state index contributed by atoms with van der Waals surface area (Å²) in [6.07, 6.45) is -0.603. The van der Waals surface area contributed by atoms with Gasteiger partial charge in [0, 0.05) is 20.0 Å². The van der Waals surface area contributed by atoms with Crippen LogP contribution in [0.1, 0.15) is 18.6 Å². The Morgan fingerprint density at radius 3 is 2.95 bits per heavy atom. The molecule has 0 saturated carbocycles. The molecule has 1 saturated heterocycles. The maximum absolute atomic E-state index is 11.1. The van der Waals surface area contributed by atoms with Gasteiger partial charge in [0.15, 0.2) is 0 Å². The van der Waals surface area contributed by atoms with Crippen LogP contribution in [0.5, 0.6) is 0 Å². The van der Waals surface area contributed by atoms with E-state index < -0.39 is 11.7 Å². The Hall–Kier alpha value is -0.850. The zero-order chi connectivity index (χ0) is 15.5. The summed E-state index contributed by atoms with van der Waals surface area (Å²) in [6, 6.07) is 5.11. The van der Waals surface area contributed by atoms with Crippen molar-refractivity contribution in [1.29, 1.82) is 0 Å². The summed E-state index contributed by atoms with van der Waals surface area (Å²) >= 11 is 12.0. The first kappa shape index (κ1) is 16.5. The molecule has 1 heterocycles. The summed E-state index contributed by atoms with van der Waals surface area (Å²) in [5, 5.41) is 17.5. The molecule has 7 heteroatoms. The Morgan fingerprint density at radius 1 is 1.52 bits per heavy atom. The molecule has 3 N–H and O–H groups in total. The Labute approximate surface area is 133 Å². The second kappa shape index (κ2) is 6.94. The van der Waals surface area contributed by atoms with Crippen LogP contribution in [0, 0.1) is 0 Å². The summed E-state index contributed by atoms with van der Waals surface area (Å²) in [7, 11) is 0. The molecule has 2 rings (SSSR count). The molecule has 116 valence electrons. The standard InChI is InChI=1S/C14H18Cl2N2O3/c1-9(19)18-8-14(20)7-17-4-5-21-13(14)10-2-3-11(15)12(16)6-10/h2-3,6,13,17,20H,4-5,7-8H2,1H3,(H,18,19)/t13-,14+/m1/s1. The van der Waals surface area contributed by atoms with Gasteiger partial charge < -0.3 is 20.5 Å². The molecule has 0 aromatic heterocycles. The minimum Gasteiger partial charge on any atom is -0.384 e. The van der Waals surface area contributed by atoms with Crippen LogP contribution in [0.25, 0.3) is 0 Å². The van der Waals surface area contributed by atoms with E-state index in [4.69, 9.17) is 27.9 Å². The van der Waals surface area contributed by atoms with Crippen molar-refractivity contribution in [2.45, 2.75) is 18.6 Å². The van der Waals surface area contributed by atoms with Crippen molar-refractivity contribution in [2.24, 2.45) is 0 Å². The van der Waals surface area contributed by atoms with E-state index in [0.29, 0.717) is 29.7 Å². The van der Waals surface area contributed by atoms with Crippen LogP contribution in [-0.2, 0) is 9.53 Å². The van der Waals surface area contributed by atoms with Crippen LogP contribution in [0.15, 0.2) is 18.2 Å². The minimum absolute atomic E-state index is 0.0836. The van der Waals surface area contributed by atoms with Crippen molar-refractivity contribution in [3.63, 3.8) is 0 Å². The van der Waals surface area contributed by atoms with Gasteiger partial charge in [0.25, 0.3) is 0 Å². The van der Waals surface area contributed by atoms with Gasteiger partial charge in [-0.15, -0.1) is 0 Å². The number of β-amino-alcohol motifs (C(OH)–C–C–N with tert-alkyl or cyclic N) is 1. The average Bonchev–Trinajstić information content (AvgIpc) is 2.62. The lowest BCUT2D eigenvalue weighted by molar-refractivity contribution is -0.124. The number of aliphatic hydroxyl groups is 1. The Morgan fingerprint density at radius 2 is 2.29 bits per heavy atom. The maximum atomic E-state index is 11.1. The van der Waals surface area contributed by atoms with Crippen LogP contribution in [0.2, 0.25) is 10.0 Å². The lowest BCUT2D eigenvalue weighted by Gasteiger charge is -2.34. The number of nitrogens with one attached hydrogen (secondary N) is 2. The van der Waals surface area contributed by atoms with Gasteiger partial charge in [0.05, 0.1) is 23.2 Å². The number of hydrogen-bond donors (Lipinski definition) is 3. The smallest absolute Gasteiger partial charge is 0.216 e. The number of rotatable bonds is 3. The highest BCUT2D eigenvalue weighted by Crippen LogP contribution is 2.34. The number of ether oxygens (including phenoxy) is 1. The molecule has 0 radical (unpaired) electrons. The second-order valence-corrected chi connectivity index (χ2v) is 5.93. The summed E-state index contributed by atoms with van der Waals surface area (Å²) < 4.78 is 5.77. The van der Waals surface area contributed by atoms with E-state index in [-0.39, 0.29) is 12.5 Å². The van der Waals surface area contributed by atoms with Crippen molar-refractivity contribution in [2.75, 3.05) is 26.2 Å². The monoisotopic (exact) mass is 332 g/mol. The van der Waals surface area contributed by atoms with E-state index >= 15 is 0 Å². The van der Waals surface area contributed by atoms with E-state index in [1.54, 1.807) is 18.2 Å². The van der Waals surface area contributed by atoms with Crippen LogP contribution in [-0.4, -0.2) is 42.9 Å². The SMILES string of the molecule is CC(=O)NC[C@@]1(O)CNCCO[C@@H]1c1ccc(Cl)c(Cl)c1. The fourth-order valence-electron chi connectivity index (χ4n) is 2.32. The normalized spacial score (nSPS) is 26.2. The molecule has 1 fully saturated rings. The first-order chi connectivity index (χ1) is 9.92. The molecule has 1 amide bonds. The third kappa shape index (κ3) is 4.08. The molecule has 1 aromatic rings. The lowest BCUT2D eigenvalue weighted by atomic mass is 9.90. The maximum Gasteiger partial charge on any atom is 0.216 e. The topological polar surface area (TPSA) is 70.6 Å². The largest absolute Gasteiger partial charge is 0.384 e. The third-order valence-corrected chi connectivity index (χ3v) is 4.11. The fraction of sp³-hybridized carbons (Fsp3) is 0.500. The van der Waals surface area contributed by atoms with Gasteiger partial charge in [-0.1, -0.05) is 29.3 Å². The first-order valence-electron chi connectivity index (χ1n) is 6.66. The predicted octanol–water partition coefficient (Wildman–Crippen LogP) is 1.52. The fourth-order valence-corrected chi connectivity index (χ4v) is 2.62. The number of halogens is 2. The molecule has 0 spiro atoms. The van der Waals surface area contributed by atoms with Crippen LogP contribution in [0.3, 0.4) is 0 Å². The Balaban J connectivity index is 2.29. The second-order valence-electron chi connectivity index (χ2n) is 5.11. The van der Waals surface area contributed by atoms with Gasteiger partial charge in [-0.2, -0.15) is 0 Å². The molecular formula is C14H18Cl2N2O3. The number of carbonyl (C=O) groups excluding carboxylic acids is 1. The van der Waals surface area contributed by atoms with Gasteiger partial charge in [0.2, 0.25) is 5.91 Å². The highest BCUT2D eigenvalue weighted by Gasteiger charge is 2.40. The van der Waals surface area contributed by atoms with E-state index in [1.807, 2.05) is 0 Å². The van der Waals surface area contributed by atoms with Crippen LogP contribution in [0.4, 0.5) is 0 Å². The first-order valence-corrected chi connectivity index (χ1v) is 7.42. The van der Waals surface area contributed by atoms with E-state index in [0.717, 1.165) is 5.56 Å². The quantitative estimate of drug-likeness (QED) is 0.784. The number of benzene rings is 1. The van der Waals surface area contributed by atoms with Crippen molar-refractivity contribution in [3.05, 3.63) is 33.8 Å². The summed E-state index contributed by atoms with van der Waals surface area (Å²) in [4.78, 5) is 11.1. The van der Waals surface area contributed by atoms with Crippen molar-refractivity contribution in [1.82, 2.24) is 10.6 Å². The van der Waals surface area contributed by atoms with Crippen molar-refractivity contribution >= 4 is 29.1 Å². The molecule has 1 aliphatic rings. The van der Waals surface area contributed by atoms with E-state index in [2.05, 4.69) is 10.6 Å². The van der Waals surface area contributed by atoms with Gasteiger partial charge in [-0.25, -0.2) is 0 Å². The average molecular weight is 333 g/mol. The zero-order valence-corrected chi connectivity index (χ0v) is 13.2. The molecule has 1 aromatic carbocycles. The predicted molar refractivity (Wildman–Crippen MR) is 81.7 cm³/mol. The Bertz CT molecular complexity index is 527. The summed E-state index contributed by atoms with van der Waals surface area (Å²) in [6.45, 7) is 2.87. The van der Waals surface area contributed by atoms with E-state index in [1.165, 1.54) is 6.92 Å². The molecule has 2 atom stereocenters. The van der Waals surface area contributed by atoms with Crippen LogP contribution >= 0.6 is 23.2 Å². The van der Waals surface area contributed by atoms with Gasteiger partial charge >= 0.3 is 0 Å². The molecule has 5 nitrogen and oxygen atoms in total. The van der Waals surface area contributed by atoms with Crippen molar-refractivity contribution < 1.29 is 14.6 Å². The highest BCUT2D eigenvalue weighted by atomic mass is 35.5.